The number of hydrogen-bond donors (Lipinski definition) is 1. The molecule has 1 aliphatic carbocycles. The van der Waals surface area contributed by atoms with E-state index in [2.05, 4.69) is 0 Å². The van der Waals surface area contributed by atoms with E-state index in [1.807, 2.05) is 4.90 Å². The third-order valence-electron chi connectivity index (χ3n) is 6.69. The molecule has 1 aromatic carbocycles. The molecule has 0 saturated heterocycles. The van der Waals surface area contributed by atoms with Crippen molar-refractivity contribution in [1.82, 2.24) is 0 Å². The number of fused-ring (bicyclic) bond motifs is 1. The van der Waals surface area contributed by atoms with Gasteiger partial charge in [-0.25, -0.2) is 8.78 Å². The Morgan fingerprint density at radius 3 is 2.31 bits per heavy atom. The van der Waals surface area contributed by atoms with Crippen molar-refractivity contribution in [3.05, 3.63) is 17.7 Å². The average molecular weight is 526 g/mol. The lowest BCUT2D eigenvalue weighted by atomic mass is 9.95. The zero-order chi connectivity index (χ0) is 26.2. The first kappa shape index (κ1) is 27.7. The highest BCUT2D eigenvalue weighted by Gasteiger charge is 2.40. The number of rotatable bonds is 8. The number of aliphatic carboxylic acids is 1. The van der Waals surface area contributed by atoms with Crippen LogP contribution in [0, 0.1) is 11.3 Å². The third-order valence-corrected chi connectivity index (χ3v) is 8.28. The molecule has 0 aromatic heterocycles. The van der Waals surface area contributed by atoms with E-state index in [0.717, 1.165) is 44.7 Å². The average Bonchev–Trinajstić information content (AvgIpc) is 3.22. The monoisotopic (exact) mass is 525 g/mol. The minimum absolute atomic E-state index is 0.0533. The Balaban J connectivity index is 2.05. The highest BCUT2D eigenvalue weighted by atomic mass is 32.2. The minimum Gasteiger partial charge on any atom is -0.492 e. The number of ether oxygens (including phenoxy) is 1. The molecule has 1 N–H and O–H groups in total. The molecule has 2 atom stereocenters. The van der Waals surface area contributed by atoms with E-state index >= 15 is 0 Å². The fourth-order valence-corrected chi connectivity index (χ4v) is 6.07. The summed E-state index contributed by atoms with van der Waals surface area (Å²) in [5.41, 5.74) is -2.32. The van der Waals surface area contributed by atoms with E-state index in [4.69, 9.17) is 4.74 Å². The van der Waals surface area contributed by atoms with Crippen molar-refractivity contribution >= 4 is 22.5 Å². The van der Waals surface area contributed by atoms with E-state index in [9.17, 15) is 36.1 Å². The van der Waals surface area contributed by atoms with Gasteiger partial charge in [-0.05, 0) is 58.1 Å². The molecule has 0 spiro atoms. The van der Waals surface area contributed by atoms with E-state index in [1.54, 1.807) is 0 Å². The van der Waals surface area contributed by atoms with Crippen molar-refractivity contribution in [3.8, 4) is 5.75 Å². The van der Waals surface area contributed by atoms with Crippen LogP contribution in [0.5, 0.6) is 5.75 Å². The van der Waals surface area contributed by atoms with Gasteiger partial charge in [-0.2, -0.15) is 13.2 Å². The smallest absolute Gasteiger partial charge is 0.420 e. The van der Waals surface area contributed by atoms with Crippen LogP contribution in [0.15, 0.2) is 17.0 Å². The Morgan fingerprint density at radius 1 is 1.14 bits per heavy atom. The molecular weight excluding hydrogens is 493 g/mol. The Labute approximate surface area is 204 Å². The number of carboxylic acids is 1. The summed E-state index contributed by atoms with van der Waals surface area (Å²) in [4.78, 5) is 13.4. The fraction of sp³-hybridized carbons (Fsp3) is 0.708. The molecule has 1 aliphatic heterocycles. The molecule has 35 heavy (non-hydrogen) atoms. The molecule has 2 aliphatic rings. The molecule has 0 bridgehead atoms. The minimum atomic E-state index is -4.80. The molecule has 1 fully saturated rings. The summed E-state index contributed by atoms with van der Waals surface area (Å²) in [6.07, 6.45) is -1.74. The van der Waals surface area contributed by atoms with Gasteiger partial charge in [-0.15, -0.1) is 0 Å². The van der Waals surface area contributed by atoms with E-state index in [1.165, 1.54) is 13.8 Å². The van der Waals surface area contributed by atoms with E-state index in [-0.39, 0.29) is 41.3 Å². The number of hydrogen-bond acceptors (Lipinski definition) is 4. The lowest BCUT2D eigenvalue weighted by Crippen LogP contribution is -2.38. The number of benzene rings is 1. The third kappa shape index (κ3) is 6.86. The number of carbonyl (C=O) groups is 1. The topological polar surface area (TPSA) is 66.8 Å². The van der Waals surface area contributed by atoms with Crippen molar-refractivity contribution < 1.29 is 40.8 Å². The summed E-state index contributed by atoms with van der Waals surface area (Å²) in [5.74, 6) is -5.02. The molecule has 2 unspecified atom stereocenters. The van der Waals surface area contributed by atoms with Crippen molar-refractivity contribution in [2.24, 2.45) is 11.3 Å². The molecule has 0 amide bonds. The maximum atomic E-state index is 14.1. The largest absolute Gasteiger partial charge is 0.492 e. The summed E-state index contributed by atoms with van der Waals surface area (Å²) in [7, 11) is -1.74. The predicted molar refractivity (Wildman–Crippen MR) is 123 cm³/mol. The lowest BCUT2D eigenvalue weighted by molar-refractivity contribution is -0.148. The van der Waals surface area contributed by atoms with Crippen LogP contribution in [0.1, 0.15) is 64.9 Å². The first-order valence-corrected chi connectivity index (χ1v) is 13.0. The molecule has 1 heterocycles. The highest BCUT2D eigenvalue weighted by molar-refractivity contribution is 7.85. The molecule has 1 saturated carbocycles. The van der Waals surface area contributed by atoms with Crippen LogP contribution < -0.4 is 9.64 Å². The summed E-state index contributed by atoms with van der Waals surface area (Å²) >= 11 is 0. The van der Waals surface area contributed by atoms with Gasteiger partial charge >= 0.3 is 12.1 Å². The van der Waals surface area contributed by atoms with Crippen molar-refractivity contribution in [2.75, 3.05) is 23.8 Å². The van der Waals surface area contributed by atoms with Crippen LogP contribution in [0.4, 0.5) is 27.6 Å². The van der Waals surface area contributed by atoms with Gasteiger partial charge in [-0.3, -0.25) is 9.00 Å². The first-order chi connectivity index (χ1) is 16.1. The maximum Gasteiger partial charge on any atom is 0.420 e. The summed E-state index contributed by atoms with van der Waals surface area (Å²) in [6.45, 7) is 3.22. The quantitative estimate of drug-likeness (QED) is 0.415. The highest BCUT2D eigenvalue weighted by Crippen LogP contribution is 2.45. The van der Waals surface area contributed by atoms with E-state index < -0.39 is 58.6 Å². The van der Waals surface area contributed by atoms with Crippen LogP contribution >= 0.6 is 0 Å². The van der Waals surface area contributed by atoms with Crippen LogP contribution in [0.2, 0.25) is 0 Å². The summed E-state index contributed by atoms with van der Waals surface area (Å²) < 4.78 is 87.9. The number of anilines is 1. The Hall–Kier alpha value is -1.91. The van der Waals surface area contributed by atoms with Gasteiger partial charge in [0.1, 0.15) is 12.4 Å². The SMILES string of the molecule is CC(F)(F)CCC1CN(C2CCCC2)c2cc(C(F)(F)F)c(OCC(C)(C)C(=O)O)cc2S(=O)C1. The van der Waals surface area contributed by atoms with Gasteiger partial charge in [-0.1, -0.05) is 12.8 Å². The van der Waals surface area contributed by atoms with Crippen LogP contribution in [0.25, 0.3) is 0 Å². The fourth-order valence-electron chi connectivity index (χ4n) is 4.54. The first-order valence-electron chi connectivity index (χ1n) is 11.7. The molecule has 198 valence electrons. The van der Waals surface area contributed by atoms with Crippen LogP contribution in [-0.4, -0.2) is 46.2 Å². The molecular formula is C24H32F5NO4S. The van der Waals surface area contributed by atoms with Gasteiger partial charge in [0.05, 0.1) is 32.4 Å². The van der Waals surface area contributed by atoms with Crippen molar-refractivity contribution in [1.29, 1.82) is 0 Å². The zero-order valence-corrected chi connectivity index (χ0v) is 20.9. The molecule has 3 rings (SSSR count). The van der Waals surface area contributed by atoms with E-state index in [0.29, 0.717) is 0 Å². The predicted octanol–water partition coefficient (Wildman–Crippen LogP) is 6.12. The standard InChI is InChI=1S/C24H32F5NO4S/c1-22(2,21(31)32)14-34-19-11-20-18(10-17(19)24(27,28)29)30(16-6-4-5-7-16)12-15(13-35(20)33)8-9-23(3,25)26/h10-11,15-16H,4-9,12-14H2,1-3H3,(H,31,32). The Kier molecular flexibility index (Phi) is 8.08. The van der Waals surface area contributed by atoms with Gasteiger partial charge < -0.3 is 14.7 Å². The van der Waals surface area contributed by atoms with Crippen LogP contribution in [-0.2, 0) is 21.8 Å². The molecule has 5 nitrogen and oxygen atoms in total. The number of carboxylic acid groups (broad SMARTS) is 1. The summed E-state index contributed by atoms with van der Waals surface area (Å²) in [5, 5.41) is 9.30. The second-order valence-corrected chi connectivity index (χ2v) is 11.8. The molecule has 1 aromatic rings. The summed E-state index contributed by atoms with van der Waals surface area (Å²) in [6, 6.07) is 1.98. The van der Waals surface area contributed by atoms with Gasteiger partial charge in [0.15, 0.2) is 0 Å². The Morgan fingerprint density at radius 2 is 1.77 bits per heavy atom. The lowest BCUT2D eigenvalue weighted by Gasteiger charge is -2.34. The normalized spacial score (nSPS) is 22.1. The number of halogens is 5. The second kappa shape index (κ2) is 10.2. The molecule has 0 radical (unpaired) electrons. The van der Waals surface area contributed by atoms with Crippen molar-refractivity contribution in [3.63, 3.8) is 0 Å². The van der Waals surface area contributed by atoms with Crippen LogP contribution in [0.3, 0.4) is 0 Å². The molecule has 11 heteroatoms. The second-order valence-electron chi connectivity index (χ2n) is 10.4. The van der Waals surface area contributed by atoms with Gasteiger partial charge in [0.25, 0.3) is 0 Å². The van der Waals surface area contributed by atoms with Crippen molar-refractivity contribution in [2.45, 2.75) is 82.3 Å². The van der Waals surface area contributed by atoms with Gasteiger partial charge in [0.2, 0.25) is 5.92 Å². The maximum absolute atomic E-state index is 14.1. The van der Waals surface area contributed by atoms with Gasteiger partial charge in [0, 0.05) is 24.8 Å². The zero-order valence-electron chi connectivity index (χ0n) is 20.1. The number of alkyl halides is 5. The number of nitrogens with zero attached hydrogens (tertiary/aromatic N) is 1. The Bertz CT molecular complexity index is 954.